The van der Waals surface area contributed by atoms with Gasteiger partial charge < -0.3 is 10.1 Å². The third-order valence-electron chi connectivity index (χ3n) is 3.60. The topological polar surface area (TPSA) is 38.3 Å². The smallest absolute Gasteiger partial charge is 0.226 e. The van der Waals surface area contributed by atoms with Crippen LogP contribution in [-0.2, 0) is 16.1 Å². The van der Waals surface area contributed by atoms with E-state index in [2.05, 4.69) is 28.2 Å². The maximum absolute atomic E-state index is 12.2. The Bertz CT molecular complexity index is 434. The van der Waals surface area contributed by atoms with Crippen molar-refractivity contribution in [2.24, 2.45) is 11.8 Å². The molecule has 4 atom stereocenters. The summed E-state index contributed by atoms with van der Waals surface area (Å²) in [4.78, 5) is 13.3. The fourth-order valence-electron chi connectivity index (χ4n) is 2.46. The number of hydrogen-bond acceptors (Lipinski definition) is 3. The normalized spacial score (nSPS) is 31.6. The van der Waals surface area contributed by atoms with Crippen molar-refractivity contribution in [3.8, 4) is 0 Å². The Balaban J connectivity index is 1.92. The van der Waals surface area contributed by atoms with E-state index in [1.807, 2.05) is 25.3 Å². The Hall–Kier alpha value is -0.390. The van der Waals surface area contributed by atoms with Gasteiger partial charge in [-0.2, -0.15) is 0 Å². The molecule has 2 heterocycles. The average Bonchev–Trinajstić information content (AvgIpc) is 2.82. The van der Waals surface area contributed by atoms with Gasteiger partial charge in [0.2, 0.25) is 5.91 Å². The Kier molecular flexibility index (Phi) is 4.45. The Morgan fingerprint density at radius 2 is 2.17 bits per heavy atom. The van der Waals surface area contributed by atoms with E-state index in [4.69, 9.17) is 4.74 Å². The summed E-state index contributed by atoms with van der Waals surface area (Å²) in [6.45, 7) is 6.69. The van der Waals surface area contributed by atoms with Crippen molar-refractivity contribution >= 4 is 33.2 Å². The molecule has 1 fully saturated rings. The maximum atomic E-state index is 12.2. The number of ether oxygens (including phenoxy) is 1. The zero-order valence-corrected chi connectivity index (χ0v) is 13.2. The summed E-state index contributed by atoms with van der Waals surface area (Å²) in [7, 11) is 0. The van der Waals surface area contributed by atoms with Gasteiger partial charge >= 0.3 is 0 Å². The van der Waals surface area contributed by atoms with Crippen molar-refractivity contribution < 1.29 is 9.53 Å². The highest BCUT2D eigenvalue weighted by Crippen LogP contribution is 2.32. The van der Waals surface area contributed by atoms with Gasteiger partial charge in [-0.1, -0.05) is 6.92 Å². The van der Waals surface area contributed by atoms with E-state index in [-0.39, 0.29) is 30.0 Å². The van der Waals surface area contributed by atoms with Crippen LogP contribution in [-0.4, -0.2) is 18.1 Å². The summed E-state index contributed by atoms with van der Waals surface area (Å²) in [6.07, 6.45) is 0.164. The van der Waals surface area contributed by atoms with Gasteiger partial charge in [-0.15, -0.1) is 11.3 Å². The molecule has 5 heteroatoms. The third-order valence-corrected chi connectivity index (χ3v) is 5.30. The molecule has 2 rings (SSSR count). The summed E-state index contributed by atoms with van der Waals surface area (Å²) in [5.41, 5.74) is 0. The summed E-state index contributed by atoms with van der Waals surface area (Å²) in [6, 6.07) is 2.03. The number of carbonyl (C=O) groups excluding carboxylic acids is 1. The summed E-state index contributed by atoms with van der Waals surface area (Å²) in [5, 5.41) is 5.03. The first-order valence-corrected chi connectivity index (χ1v) is 7.82. The van der Waals surface area contributed by atoms with Gasteiger partial charge in [0.15, 0.2) is 0 Å². The van der Waals surface area contributed by atoms with E-state index < -0.39 is 0 Å². The number of nitrogens with one attached hydrogen (secondary N) is 1. The minimum absolute atomic E-state index is 0.00470. The summed E-state index contributed by atoms with van der Waals surface area (Å²) >= 11 is 5.05. The van der Waals surface area contributed by atoms with E-state index in [0.29, 0.717) is 6.54 Å². The first-order chi connectivity index (χ1) is 8.49. The van der Waals surface area contributed by atoms with E-state index in [1.54, 1.807) is 11.3 Å². The molecule has 1 aromatic heterocycles. The second-order valence-electron chi connectivity index (χ2n) is 4.88. The molecule has 0 aliphatic carbocycles. The van der Waals surface area contributed by atoms with Gasteiger partial charge in [-0.25, -0.2) is 0 Å². The Morgan fingerprint density at radius 1 is 1.44 bits per heavy atom. The van der Waals surface area contributed by atoms with Gasteiger partial charge in [0.1, 0.15) is 0 Å². The highest BCUT2D eigenvalue weighted by molar-refractivity contribution is 9.10. The number of hydrogen-bond donors (Lipinski definition) is 1. The Labute approximate surface area is 120 Å². The van der Waals surface area contributed by atoms with Crippen LogP contribution >= 0.6 is 27.3 Å². The molecule has 0 saturated carbocycles. The van der Waals surface area contributed by atoms with Crippen molar-refractivity contribution in [2.45, 2.75) is 39.5 Å². The Morgan fingerprint density at radius 3 is 2.67 bits per heavy atom. The molecule has 1 amide bonds. The number of rotatable bonds is 3. The lowest BCUT2D eigenvalue weighted by Gasteiger charge is -2.17. The molecule has 0 radical (unpaired) electrons. The molecule has 1 aliphatic rings. The van der Waals surface area contributed by atoms with Crippen molar-refractivity contribution in [2.75, 3.05) is 0 Å². The minimum Gasteiger partial charge on any atom is -0.374 e. The van der Waals surface area contributed by atoms with Crippen molar-refractivity contribution in [3.63, 3.8) is 0 Å². The van der Waals surface area contributed by atoms with Crippen LogP contribution in [0.4, 0.5) is 0 Å². The number of amides is 1. The predicted octanol–water partition coefficient (Wildman–Crippen LogP) is 3.19. The molecular formula is C13H18BrNO2S. The largest absolute Gasteiger partial charge is 0.374 e. The maximum Gasteiger partial charge on any atom is 0.226 e. The summed E-state index contributed by atoms with van der Waals surface area (Å²) < 4.78 is 6.76. The SMILES string of the molecule is CC1OC(C)C(C(=O)NCc2cc(Br)cs2)C1C. The second kappa shape index (κ2) is 5.72. The zero-order valence-electron chi connectivity index (χ0n) is 10.8. The lowest BCUT2D eigenvalue weighted by Crippen LogP contribution is -2.36. The van der Waals surface area contributed by atoms with Crippen molar-refractivity contribution in [1.29, 1.82) is 0 Å². The molecule has 1 aliphatic heterocycles. The van der Waals surface area contributed by atoms with Crippen LogP contribution in [0.5, 0.6) is 0 Å². The van der Waals surface area contributed by atoms with Crippen molar-refractivity contribution in [3.05, 3.63) is 20.8 Å². The van der Waals surface area contributed by atoms with Gasteiger partial charge in [-0.05, 0) is 41.8 Å². The van der Waals surface area contributed by atoms with Crippen LogP contribution in [0.15, 0.2) is 15.9 Å². The van der Waals surface area contributed by atoms with Crippen LogP contribution in [0.25, 0.3) is 0 Å². The van der Waals surface area contributed by atoms with E-state index in [0.717, 1.165) is 9.35 Å². The van der Waals surface area contributed by atoms with Crippen molar-refractivity contribution in [1.82, 2.24) is 5.32 Å². The lowest BCUT2D eigenvalue weighted by molar-refractivity contribution is -0.127. The zero-order chi connectivity index (χ0) is 13.3. The van der Waals surface area contributed by atoms with Gasteiger partial charge in [0.25, 0.3) is 0 Å². The average molecular weight is 332 g/mol. The molecule has 1 N–H and O–H groups in total. The molecule has 1 saturated heterocycles. The van der Waals surface area contributed by atoms with Crippen LogP contribution in [0.2, 0.25) is 0 Å². The molecule has 1 aromatic rings. The van der Waals surface area contributed by atoms with Crippen LogP contribution in [0.3, 0.4) is 0 Å². The summed E-state index contributed by atoms with van der Waals surface area (Å²) in [5.74, 6) is 0.336. The van der Waals surface area contributed by atoms with E-state index in [1.165, 1.54) is 0 Å². The van der Waals surface area contributed by atoms with Gasteiger partial charge in [-0.3, -0.25) is 4.79 Å². The fraction of sp³-hybridized carbons (Fsp3) is 0.615. The number of carbonyl (C=O) groups is 1. The van der Waals surface area contributed by atoms with Crippen LogP contribution in [0, 0.1) is 11.8 Å². The quantitative estimate of drug-likeness (QED) is 0.923. The first kappa shape index (κ1) is 14.0. The van der Waals surface area contributed by atoms with E-state index in [9.17, 15) is 4.79 Å². The molecule has 18 heavy (non-hydrogen) atoms. The highest BCUT2D eigenvalue weighted by atomic mass is 79.9. The molecule has 100 valence electrons. The molecular weight excluding hydrogens is 314 g/mol. The van der Waals surface area contributed by atoms with Gasteiger partial charge in [0, 0.05) is 14.7 Å². The lowest BCUT2D eigenvalue weighted by atomic mass is 9.89. The second-order valence-corrected chi connectivity index (χ2v) is 6.79. The molecule has 0 bridgehead atoms. The minimum atomic E-state index is -0.0385. The molecule has 0 spiro atoms. The predicted molar refractivity (Wildman–Crippen MR) is 76.5 cm³/mol. The van der Waals surface area contributed by atoms with Crippen LogP contribution < -0.4 is 5.32 Å². The number of halogens is 1. The highest BCUT2D eigenvalue weighted by Gasteiger charge is 2.41. The van der Waals surface area contributed by atoms with E-state index >= 15 is 0 Å². The molecule has 4 unspecified atom stereocenters. The standard InChI is InChI=1S/C13H18BrNO2S/c1-7-8(2)17-9(3)12(7)13(16)15-5-11-4-10(14)6-18-11/h4,6-9,12H,5H2,1-3H3,(H,15,16). The van der Waals surface area contributed by atoms with Crippen LogP contribution in [0.1, 0.15) is 25.6 Å². The fourth-order valence-corrected chi connectivity index (χ4v) is 3.85. The molecule has 0 aromatic carbocycles. The molecule has 3 nitrogen and oxygen atoms in total. The number of thiophene rings is 1. The van der Waals surface area contributed by atoms with Gasteiger partial charge in [0.05, 0.1) is 24.7 Å². The third kappa shape index (κ3) is 2.95. The first-order valence-electron chi connectivity index (χ1n) is 6.15. The monoisotopic (exact) mass is 331 g/mol.